The van der Waals surface area contributed by atoms with E-state index in [1.54, 1.807) is 0 Å². The second-order valence-corrected chi connectivity index (χ2v) is 12.2. The number of anilines is 1. The average Bonchev–Trinajstić information content (AvgIpc) is 3.60. The van der Waals surface area contributed by atoms with Crippen LogP contribution < -0.4 is 4.90 Å². The van der Waals surface area contributed by atoms with Crippen LogP contribution in [0.3, 0.4) is 0 Å². The maximum absolute atomic E-state index is 13.2. The van der Waals surface area contributed by atoms with Crippen LogP contribution in [-0.4, -0.2) is 76.7 Å². The van der Waals surface area contributed by atoms with Crippen molar-refractivity contribution in [2.75, 3.05) is 51.2 Å². The summed E-state index contributed by atoms with van der Waals surface area (Å²) in [6, 6.07) is 29.5. The highest BCUT2D eigenvalue weighted by Gasteiger charge is 2.24. The number of carbonyl (C=O) groups is 1. The van der Waals surface area contributed by atoms with E-state index < -0.39 is 0 Å². The van der Waals surface area contributed by atoms with E-state index in [9.17, 15) is 9.90 Å². The molecule has 0 radical (unpaired) electrons. The van der Waals surface area contributed by atoms with E-state index in [1.165, 1.54) is 0 Å². The second kappa shape index (κ2) is 14.3. The van der Waals surface area contributed by atoms with Gasteiger partial charge in [0.2, 0.25) is 5.95 Å². The summed E-state index contributed by atoms with van der Waals surface area (Å²) in [6.45, 7) is 5.65. The molecule has 0 bridgehead atoms. The predicted molar refractivity (Wildman–Crippen MR) is 179 cm³/mol. The Kier molecular flexibility index (Phi) is 9.84. The number of hydrogen-bond acceptors (Lipinski definition) is 6. The minimum atomic E-state index is -0.114. The van der Waals surface area contributed by atoms with Gasteiger partial charge >= 0.3 is 0 Å². The van der Waals surface area contributed by atoms with E-state index in [0.29, 0.717) is 29.4 Å². The summed E-state index contributed by atoms with van der Waals surface area (Å²) in [5, 5.41) is 10.2. The third-order valence-corrected chi connectivity index (χ3v) is 8.90. The molecule has 6 rings (SSSR count). The number of likely N-dealkylation sites (N-methyl/N-ethyl adjacent to an activating group) is 1. The molecule has 9 heteroatoms. The summed E-state index contributed by atoms with van der Waals surface area (Å²) in [4.78, 5) is 25.0. The van der Waals surface area contributed by atoms with Crippen molar-refractivity contribution in [2.24, 2.45) is 0 Å². The van der Waals surface area contributed by atoms with E-state index in [0.717, 1.165) is 73.9 Å². The first kappa shape index (κ1) is 30.9. The standard InChI is InChI=1S/C36H40ClN5O3/c1-39(35(44)27-9-3-2-4-10-27)24-29(28-11-7-12-30(37)23-28)17-20-40-18-8-19-41(22-21-40)36-38-33-13-5-6-14-34(33)42(36)25-31-15-16-32(26-43)45-31/h2-7,9-16,23,29,43H,8,17-22,24-26H2,1H3. The number of hydrogen-bond donors (Lipinski definition) is 1. The van der Waals surface area contributed by atoms with E-state index in [2.05, 4.69) is 32.6 Å². The second-order valence-electron chi connectivity index (χ2n) is 11.8. The highest BCUT2D eigenvalue weighted by atomic mass is 35.5. The van der Waals surface area contributed by atoms with Crippen molar-refractivity contribution in [3.05, 3.63) is 119 Å². The number of imidazole rings is 1. The summed E-state index contributed by atoms with van der Waals surface area (Å²) in [6.07, 6.45) is 1.93. The number of furan rings is 1. The molecule has 234 valence electrons. The molecule has 5 aromatic rings. The number of aromatic nitrogens is 2. The van der Waals surface area contributed by atoms with Gasteiger partial charge in [0.05, 0.1) is 17.6 Å². The molecule has 1 fully saturated rings. The number of para-hydroxylation sites is 2. The Balaban J connectivity index is 1.14. The molecule has 1 N–H and O–H groups in total. The Morgan fingerprint density at radius 3 is 2.56 bits per heavy atom. The molecule has 3 heterocycles. The third-order valence-electron chi connectivity index (χ3n) is 8.67. The summed E-state index contributed by atoms with van der Waals surface area (Å²) in [7, 11) is 1.89. The van der Waals surface area contributed by atoms with Crippen LogP contribution >= 0.6 is 11.6 Å². The topological polar surface area (TPSA) is 78.0 Å². The minimum absolute atomic E-state index is 0.0260. The Hall–Kier alpha value is -4.11. The van der Waals surface area contributed by atoms with Crippen LogP contribution in [0.4, 0.5) is 5.95 Å². The van der Waals surface area contributed by atoms with Gasteiger partial charge in [-0.2, -0.15) is 0 Å². The number of aliphatic hydroxyl groups excluding tert-OH is 1. The molecule has 8 nitrogen and oxygen atoms in total. The monoisotopic (exact) mass is 625 g/mol. The highest BCUT2D eigenvalue weighted by molar-refractivity contribution is 6.30. The van der Waals surface area contributed by atoms with Gasteiger partial charge in [0, 0.05) is 49.7 Å². The maximum Gasteiger partial charge on any atom is 0.253 e. The fraction of sp³-hybridized carbons (Fsp3) is 0.333. The SMILES string of the molecule is CN(CC(CCN1CCCN(c2nc3ccccc3n2Cc2ccc(CO)o2)CC1)c1cccc(Cl)c1)C(=O)c1ccccc1. The molecule has 1 aliphatic rings. The van der Waals surface area contributed by atoms with Gasteiger partial charge < -0.3 is 28.8 Å². The molecule has 3 aromatic carbocycles. The molecule has 1 unspecified atom stereocenters. The molecule has 1 saturated heterocycles. The predicted octanol–water partition coefficient (Wildman–Crippen LogP) is 6.28. The van der Waals surface area contributed by atoms with Crippen molar-refractivity contribution in [3.8, 4) is 0 Å². The number of rotatable bonds is 11. The molecule has 1 atom stereocenters. The van der Waals surface area contributed by atoms with Crippen molar-refractivity contribution in [1.82, 2.24) is 19.4 Å². The van der Waals surface area contributed by atoms with Crippen LogP contribution in [-0.2, 0) is 13.2 Å². The Bertz CT molecular complexity index is 1720. The van der Waals surface area contributed by atoms with Gasteiger partial charge in [-0.25, -0.2) is 4.98 Å². The van der Waals surface area contributed by atoms with Crippen molar-refractivity contribution >= 4 is 34.5 Å². The molecule has 0 saturated carbocycles. The number of fused-ring (bicyclic) bond motifs is 1. The van der Waals surface area contributed by atoms with Gasteiger partial charge in [-0.1, -0.05) is 54.1 Å². The summed E-state index contributed by atoms with van der Waals surface area (Å²) >= 11 is 6.41. The molecule has 0 spiro atoms. The number of benzene rings is 3. The van der Waals surface area contributed by atoms with Crippen molar-refractivity contribution in [1.29, 1.82) is 0 Å². The summed E-state index contributed by atoms with van der Waals surface area (Å²) < 4.78 is 8.07. The zero-order valence-electron chi connectivity index (χ0n) is 25.7. The summed E-state index contributed by atoms with van der Waals surface area (Å²) in [5.41, 5.74) is 3.88. The smallest absolute Gasteiger partial charge is 0.253 e. The van der Waals surface area contributed by atoms with E-state index in [-0.39, 0.29) is 18.4 Å². The van der Waals surface area contributed by atoms with Crippen LogP contribution in [0.15, 0.2) is 95.4 Å². The fourth-order valence-corrected chi connectivity index (χ4v) is 6.48. The van der Waals surface area contributed by atoms with Crippen molar-refractivity contribution < 1.29 is 14.3 Å². The lowest BCUT2D eigenvalue weighted by molar-refractivity contribution is 0.0782. The number of carbonyl (C=O) groups excluding carboxylic acids is 1. The molecule has 2 aromatic heterocycles. The minimum Gasteiger partial charge on any atom is -0.462 e. The Labute approximate surface area is 269 Å². The molecule has 0 aliphatic carbocycles. The lowest BCUT2D eigenvalue weighted by Gasteiger charge is -2.28. The number of nitrogens with zero attached hydrogens (tertiary/aromatic N) is 5. The van der Waals surface area contributed by atoms with Crippen LogP contribution in [0.5, 0.6) is 0 Å². The quantitative estimate of drug-likeness (QED) is 0.186. The van der Waals surface area contributed by atoms with Crippen LogP contribution in [0, 0.1) is 0 Å². The molecular formula is C36H40ClN5O3. The number of aliphatic hydroxyl groups is 1. The zero-order valence-corrected chi connectivity index (χ0v) is 26.4. The molecule has 1 amide bonds. The third kappa shape index (κ3) is 7.41. The van der Waals surface area contributed by atoms with Gasteiger partial charge in [-0.15, -0.1) is 0 Å². The molecular weight excluding hydrogens is 586 g/mol. The normalized spacial score (nSPS) is 14.9. The lowest BCUT2D eigenvalue weighted by Crippen LogP contribution is -2.35. The van der Waals surface area contributed by atoms with Gasteiger partial charge in [-0.3, -0.25) is 4.79 Å². The lowest BCUT2D eigenvalue weighted by atomic mass is 9.94. The Morgan fingerprint density at radius 1 is 0.956 bits per heavy atom. The molecule has 45 heavy (non-hydrogen) atoms. The number of amides is 1. The Morgan fingerprint density at radius 2 is 1.76 bits per heavy atom. The van der Waals surface area contributed by atoms with Crippen LogP contribution in [0.25, 0.3) is 11.0 Å². The summed E-state index contributed by atoms with van der Waals surface area (Å²) in [5.74, 6) is 2.48. The van der Waals surface area contributed by atoms with Crippen molar-refractivity contribution in [2.45, 2.75) is 31.9 Å². The van der Waals surface area contributed by atoms with Gasteiger partial charge in [0.15, 0.2) is 0 Å². The first-order valence-corrected chi connectivity index (χ1v) is 16.0. The largest absolute Gasteiger partial charge is 0.462 e. The van der Waals surface area contributed by atoms with Gasteiger partial charge in [0.1, 0.15) is 18.1 Å². The van der Waals surface area contributed by atoms with E-state index >= 15 is 0 Å². The zero-order chi connectivity index (χ0) is 31.2. The first-order chi connectivity index (χ1) is 22.0. The average molecular weight is 626 g/mol. The van der Waals surface area contributed by atoms with Crippen LogP contribution in [0.2, 0.25) is 5.02 Å². The molecule has 1 aliphatic heterocycles. The van der Waals surface area contributed by atoms with Gasteiger partial charge in [0.25, 0.3) is 5.91 Å². The fourth-order valence-electron chi connectivity index (χ4n) is 6.28. The van der Waals surface area contributed by atoms with Gasteiger partial charge in [-0.05, 0) is 80.0 Å². The van der Waals surface area contributed by atoms with E-state index in [1.807, 2.05) is 84.7 Å². The van der Waals surface area contributed by atoms with E-state index in [4.69, 9.17) is 21.0 Å². The number of halogens is 1. The highest BCUT2D eigenvalue weighted by Crippen LogP contribution is 2.28. The van der Waals surface area contributed by atoms with Crippen molar-refractivity contribution in [3.63, 3.8) is 0 Å². The first-order valence-electron chi connectivity index (χ1n) is 15.7. The maximum atomic E-state index is 13.2. The van der Waals surface area contributed by atoms with Crippen LogP contribution in [0.1, 0.15) is 46.2 Å².